The Bertz CT molecular complexity index is 275. The van der Waals surface area contributed by atoms with Crippen molar-refractivity contribution in [2.24, 2.45) is 0 Å². The number of carboxylic acid groups (broad SMARTS) is 1. The lowest BCUT2D eigenvalue weighted by molar-refractivity contribution is -0.137. The molecule has 0 aliphatic carbocycles. The predicted molar refractivity (Wildman–Crippen MR) is 59.2 cm³/mol. The van der Waals surface area contributed by atoms with Crippen molar-refractivity contribution in [3.8, 4) is 0 Å². The van der Waals surface area contributed by atoms with Gasteiger partial charge in [-0.05, 0) is 6.42 Å². The summed E-state index contributed by atoms with van der Waals surface area (Å²) in [4.78, 5) is 12.3. The fraction of sp³-hybridized carbons (Fsp3) is 0.500. The molecule has 0 aromatic rings. The third-order valence-corrected chi connectivity index (χ3v) is 2.80. The van der Waals surface area contributed by atoms with Gasteiger partial charge in [0.2, 0.25) is 0 Å². The zero-order valence-corrected chi connectivity index (χ0v) is 8.96. The van der Waals surface area contributed by atoms with E-state index in [1.54, 1.807) is 0 Å². The van der Waals surface area contributed by atoms with Gasteiger partial charge in [-0.3, -0.25) is 4.79 Å². The summed E-state index contributed by atoms with van der Waals surface area (Å²) in [6.07, 6.45) is 1.62. The standard InChI is InChI=1S/C10H15NO2S/c1-7-6-9(14)8(2)11(7)5-3-4-10(12)13/h9,14H,1-6H2,(H,12,13). The van der Waals surface area contributed by atoms with Crippen molar-refractivity contribution in [3.63, 3.8) is 0 Å². The smallest absolute Gasteiger partial charge is 0.303 e. The van der Waals surface area contributed by atoms with Gasteiger partial charge in [0.25, 0.3) is 0 Å². The molecule has 78 valence electrons. The number of carboxylic acids is 1. The third kappa shape index (κ3) is 2.54. The number of nitrogens with zero attached hydrogens (tertiary/aromatic N) is 1. The molecule has 14 heavy (non-hydrogen) atoms. The number of hydrogen-bond acceptors (Lipinski definition) is 3. The number of likely N-dealkylation sites (tertiary alicyclic amines) is 1. The van der Waals surface area contributed by atoms with Crippen LogP contribution < -0.4 is 0 Å². The van der Waals surface area contributed by atoms with Crippen molar-refractivity contribution in [2.75, 3.05) is 6.54 Å². The summed E-state index contributed by atoms with van der Waals surface area (Å²) in [5.41, 5.74) is 1.92. The molecule has 1 aliphatic rings. The second-order valence-electron chi connectivity index (χ2n) is 3.43. The Labute approximate surface area is 89.5 Å². The molecule has 1 N–H and O–H groups in total. The van der Waals surface area contributed by atoms with Crippen molar-refractivity contribution in [2.45, 2.75) is 24.5 Å². The Morgan fingerprint density at radius 1 is 1.64 bits per heavy atom. The average Bonchev–Trinajstić information content (AvgIpc) is 2.31. The van der Waals surface area contributed by atoms with E-state index in [0.29, 0.717) is 13.0 Å². The number of hydrogen-bond donors (Lipinski definition) is 2. The maximum absolute atomic E-state index is 10.3. The lowest BCUT2D eigenvalue weighted by atomic mass is 10.3. The molecule has 1 unspecified atom stereocenters. The SMILES string of the molecule is C=C1CC(S)C(=C)N1CCCC(=O)O. The Kier molecular flexibility index (Phi) is 3.63. The first kappa shape index (κ1) is 11.2. The van der Waals surface area contributed by atoms with Gasteiger partial charge in [-0.25, -0.2) is 0 Å². The Morgan fingerprint density at radius 2 is 2.29 bits per heavy atom. The highest BCUT2D eigenvalue weighted by atomic mass is 32.1. The summed E-state index contributed by atoms with van der Waals surface area (Å²) >= 11 is 4.35. The van der Waals surface area contributed by atoms with Crippen LogP contribution in [0, 0.1) is 0 Å². The van der Waals surface area contributed by atoms with E-state index in [1.165, 1.54) is 0 Å². The Hall–Kier alpha value is -0.900. The van der Waals surface area contributed by atoms with Crippen LogP contribution in [0.4, 0.5) is 0 Å². The fourth-order valence-electron chi connectivity index (χ4n) is 1.52. The molecule has 1 rings (SSSR count). The molecule has 4 heteroatoms. The molecule has 1 saturated heterocycles. The number of allylic oxidation sites excluding steroid dienone is 1. The van der Waals surface area contributed by atoms with Crippen LogP contribution in [-0.2, 0) is 4.79 Å². The summed E-state index contributed by atoms with van der Waals surface area (Å²) < 4.78 is 0. The number of carbonyl (C=O) groups is 1. The van der Waals surface area contributed by atoms with E-state index in [0.717, 1.165) is 17.8 Å². The molecule has 0 spiro atoms. The van der Waals surface area contributed by atoms with E-state index in [9.17, 15) is 4.79 Å². The van der Waals surface area contributed by atoms with Gasteiger partial charge in [-0.15, -0.1) is 0 Å². The summed E-state index contributed by atoms with van der Waals surface area (Å²) in [6, 6.07) is 0. The van der Waals surface area contributed by atoms with E-state index in [-0.39, 0.29) is 11.7 Å². The van der Waals surface area contributed by atoms with Gasteiger partial charge in [0.05, 0.1) is 0 Å². The molecule has 0 bridgehead atoms. The highest BCUT2D eigenvalue weighted by Gasteiger charge is 2.26. The lowest BCUT2D eigenvalue weighted by Gasteiger charge is -2.20. The third-order valence-electron chi connectivity index (χ3n) is 2.31. The van der Waals surface area contributed by atoms with Gasteiger partial charge in [-0.1, -0.05) is 13.2 Å². The Balaban J connectivity index is 2.41. The second-order valence-corrected chi connectivity index (χ2v) is 4.05. The monoisotopic (exact) mass is 213 g/mol. The van der Waals surface area contributed by atoms with Gasteiger partial charge in [0.1, 0.15) is 0 Å². The predicted octanol–water partition coefficient (Wildman–Crippen LogP) is 1.88. The molecule has 1 aliphatic heterocycles. The maximum atomic E-state index is 10.3. The molecule has 0 amide bonds. The molecule has 3 nitrogen and oxygen atoms in total. The first-order chi connectivity index (χ1) is 6.52. The van der Waals surface area contributed by atoms with Crippen LogP contribution in [0.25, 0.3) is 0 Å². The minimum absolute atomic E-state index is 0.146. The van der Waals surface area contributed by atoms with Crippen molar-refractivity contribution >= 4 is 18.6 Å². The summed E-state index contributed by atoms with van der Waals surface area (Å²) in [5, 5.41) is 8.64. The van der Waals surface area contributed by atoms with E-state index in [4.69, 9.17) is 5.11 Å². The van der Waals surface area contributed by atoms with Crippen molar-refractivity contribution in [1.29, 1.82) is 0 Å². The zero-order valence-electron chi connectivity index (χ0n) is 8.07. The molecular weight excluding hydrogens is 198 g/mol. The van der Waals surface area contributed by atoms with Crippen LogP contribution in [0.15, 0.2) is 24.6 Å². The molecule has 0 saturated carbocycles. The van der Waals surface area contributed by atoms with Crippen LogP contribution in [-0.4, -0.2) is 27.8 Å². The molecular formula is C10H15NO2S. The zero-order chi connectivity index (χ0) is 10.7. The van der Waals surface area contributed by atoms with E-state index >= 15 is 0 Å². The largest absolute Gasteiger partial charge is 0.481 e. The normalized spacial score (nSPS) is 21.8. The lowest BCUT2D eigenvalue weighted by Crippen LogP contribution is -2.18. The van der Waals surface area contributed by atoms with Crippen molar-refractivity contribution in [3.05, 3.63) is 24.6 Å². The quantitative estimate of drug-likeness (QED) is 0.701. The maximum Gasteiger partial charge on any atom is 0.303 e. The van der Waals surface area contributed by atoms with Gasteiger partial charge in [0, 0.05) is 36.0 Å². The van der Waals surface area contributed by atoms with Gasteiger partial charge in [0.15, 0.2) is 0 Å². The Morgan fingerprint density at radius 3 is 2.71 bits per heavy atom. The fourth-order valence-corrected chi connectivity index (χ4v) is 1.87. The minimum atomic E-state index is -0.761. The molecule has 1 heterocycles. The first-order valence-electron chi connectivity index (χ1n) is 4.56. The van der Waals surface area contributed by atoms with E-state index in [2.05, 4.69) is 25.8 Å². The second kappa shape index (κ2) is 4.55. The molecule has 1 atom stereocenters. The number of rotatable bonds is 4. The van der Waals surface area contributed by atoms with E-state index in [1.807, 2.05) is 4.90 Å². The van der Waals surface area contributed by atoms with Crippen LogP contribution in [0.1, 0.15) is 19.3 Å². The number of thiol groups is 1. The molecule has 0 radical (unpaired) electrons. The average molecular weight is 213 g/mol. The van der Waals surface area contributed by atoms with E-state index < -0.39 is 5.97 Å². The van der Waals surface area contributed by atoms with Gasteiger partial charge in [-0.2, -0.15) is 12.6 Å². The van der Waals surface area contributed by atoms with Gasteiger partial charge < -0.3 is 10.0 Å². The minimum Gasteiger partial charge on any atom is -0.481 e. The van der Waals surface area contributed by atoms with Crippen LogP contribution in [0.3, 0.4) is 0 Å². The van der Waals surface area contributed by atoms with Crippen molar-refractivity contribution < 1.29 is 9.90 Å². The number of aliphatic carboxylic acids is 1. The molecule has 0 aromatic carbocycles. The van der Waals surface area contributed by atoms with Crippen molar-refractivity contribution in [1.82, 2.24) is 4.90 Å². The summed E-state index contributed by atoms with van der Waals surface area (Å²) in [5.74, 6) is -0.761. The first-order valence-corrected chi connectivity index (χ1v) is 5.08. The highest BCUT2D eigenvalue weighted by molar-refractivity contribution is 7.81. The van der Waals surface area contributed by atoms with Crippen LogP contribution in [0.5, 0.6) is 0 Å². The highest BCUT2D eigenvalue weighted by Crippen LogP contribution is 2.32. The molecule has 0 aromatic heterocycles. The summed E-state index contributed by atoms with van der Waals surface area (Å²) in [6.45, 7) is 8.49. The van der Waals surface area contributed by atoms with Crippen LogP contribution in [0.2, 0.25) is 0 Å². The molecule has 1 fully saturated rings. The van der Waals surface area contributed by atoms with Gasteiger partial charge >= 0.3 is 5.97 Å². The van der Waals surface area contributed by atoms with Crippen LogP contribution >= 0.6 is 12.6 Å². The topological polar surface area (TPSA) is 40.5 Å². The summed E-state index contributed by atoms with van der Waals surface area (Å²) in [7, 11) is 0.